The third-order valence-corrected chi connectivity index (χ3v) is 4.42. The highest BCUT2D eigenvalue weighted by molar-refractivity contribution is 6.02. The maximum absolute atomic E-state index is 12.0. The lowest BCUT2D eigenvalue weighted by Crippen LogP contribution is -2.42. The molecule has 0 atom stereocenters. The fraction of sp³-hybridized carbons (Fsp3) is 0.400. The number of benzene rings is 1. The van der Waals surface area contributed by atoms with Gasteiger partial charge in [-0.2, -0.15) is 0 Å². The van der Waals surface area contributed by atoms with Crippen molar-refractivity contribution < 1.29 is 9.21 Å². The third-order valence-electron chi connectivity index (χ3n) is 4.42. The molecule has 6 heteroatoms. The van der Waals surface area contributed by atoms with Crippen molar-refractivity contribution in [3.8, 4) is 0 Å². The van der Waals surface area contributed by atoms with Crippen LogP contribution >= 0.6 is 0 Å². The molecular weight excluding hydrogens is 328 g/mol. The number of anilines is 1. The SMILES string of the molecule is CCNC(=NCc1ccc(NC(=O)c2ccco2)cc1)NC1CCCC1. The standard InChI is InChI=1S/C20H26N4O2/c1-2-21-20(24-16-6-3-4-7-16)22-14-15-9-11-17(12-10-15)23-19(25)18-8-5-13-26-18/h5,8-13,16H,2-4,6-7,14H2,1H3,(H,23,25)(H2,21,22,24). The molecule has 26 heavy (non-hydrogen) atoms. The maximum Gasteiger partial charge on any atom is 0.291 e. The minimum Gasteiger partial charge on any atom is -0.459 e. The van der Waals surface area contributed by atoms with Gasteiger partial charge in [-0.1, -0.05) is 25.0 Å². The van der Waals surface area contributed by atoms with Crippen molar-refractivity contribution in [3.63, 3.8) is 0 Å². The van der Waals surface area contributed by atoms with Gasteiger partial charge in [0.1, 0.15) is 0 Å². The predicted octanol–water partition coefficient (Wildman–Crippen LogP) is 3.53. The van der Waals surface area contributed by atoms with Gasteiger partial charge in [-0.15, -0.1) is 0 Å². The molecule has 1 aliphatic carbocycles. The zero-order valence-electron chi connectivity index (χ0n) is 15.1. The Labute approximate surface area is 154 Å². The van der Waals surface area contributed by atoms with E-state index in [1.165, 1.54) is 31.9 Å². The second-order valence-corrected chi connectivity index (χ2v) is 6.45. The lowest BCUT2D eigenvalue weighted by atomic mass is 10.2. The summed E-state index contributed by atoms with van der Waals surface area (Å²) in [6.45, 7) is 3.51. The van der Waals surface area contributed by atoms with Gasteiger partial charge in [-0.05, 0) is 49.6 Å². The second kappa shape index (κ2) is 9.08. The summed E-state index contributed by atoms with van der Waals surface area (Å²) in [4.78, 5) is 16.6. The van der Waals surface area contributed by atoms with Crippen LogP contribution in [0.5, 0.6) is 0 Å². The van der Waals surface area contributed by atoms with Crippen LogP contribution in [-0.4, -0.2) is 24.5 Å². The lowest BCUT2D eigenvalue weighted by molar-refractivity contribution is 0.0996. The van der Waals surface area contributed by atoms with Crippen LogP contribution in [0.15, 0.2) is 52.1 Å². The molecule has 0 radical (unpaired) electrons. The zero-order chi connectivity index (χ0) is 18.2. The van der Waals surface area contributed by atoms with E-state index in [9.17, 15) is 4.79 Å². The van der Waals surface area contributed by atoms with E-state index in [0.29, 0.717) is 18.3 Å². The summed E-state index contributed by atoms with van der Waals surface area (Å²) in [5, 5.41) is 9.63. The highest BCUT2D eigenvalue weighted by Crippen LogP contribution is 2.17. The van der Waals surface area contributed by atoms with E-state index >= 15 is 0 Å². The molecular formula is C20H26N4O2. The summed E-state index contributed by atoms with van der Waals surface area (Å²) in [5.74, 6) is 0.914. The minimum absolute atomic E-state index is 0.254. The molecule has 1 aromatic heterocycles. The first kappa shape index (κ1) is 18.0. The number of amides is 1. The molecule has 1 aromatic carbocycles. The van der Waals surface area contributed by atoms with Crippen molar-refractivity contribution in [1.82, 2.24) is 10.6 Å². The Kier molecular flexibility index (Phi) is 6.30. The van der Waals surface area contributed by atoms with Crippen LogP contribution in [-0.2, 0) is 6.54 Å². The van der Waals surface area contributed by atoms with Gasteiger partial charge in [0.15, 0.2) is 11.7 Å². The molecule has 6 nitrogen and oxygen atoms in total. The predicted molar refractivity (Wildman–Crippen MR) is 103 cm³/mol. The first-order valence-corrected chi connectivity index (χ1v) is 9.23. The molecule has 1 aliphatic rings. The van der Waals surface area contributed by atoms with Crippen LogP contribution < -0.4 is 16.0 Å². The molecule has 0 spiro atoms. The van der Waals surface area contributed by atoms with Crippen LogP contribution in [0.4, 0.5) is 5.69 Å². The molecule has 0 bridgehead atoms. The van der Waals surface area contributed by atoms with Gasteiger partial charge in [-0.3, -0.25) is 4.79 Å². The van der Waals surface area contributed by atoms with Crippen molar-refractivity contribution in [2.24, 2.45) is 4.99 Å². The number of nitrogens with one attached hydrogen (secondary N) is 3. The van der Waals surface area contributed by atoms with E-state index in [0.717, 1.165) is 23.8 Å². The van der Waals surface area contributed by atoms with Crippen LogP contribution in [0, 0.1) is 0 Å². The zero-order valence-corrected chi connectivity index (χ0v) is 15.1. The topological polar surface area (TPSA) is 78.7 Å². The van der Waals surface area contributed by atoms with Crippen LogP contribution in [0.3, 0.4) is 0 Å². The Bertz CT molecular complexity index is 717. The van der Waals surface area contributed by atoms with Gasteiger partial charge >= 0.3 is 0 Å². The number of guanidine groups is 1. The van der Waals surface area contributed by atoms with Crippen LogP contribution in [0.1, 0.15) is 48.7 Å². The van der Waals surface area contributed by atoms with E-state index in [2.05, 4.69) is 27.9 Å². The molecule has 1 saturated carbocycles. The molecule has 3 rings (SSSR count). The quantitative estimate of drug-likeness (QED) is 0.548. The van der Waals surface area contributed by atoms with Crippen molar-refractivity contribution >= 4 is 17.6 Å². The van der Waals surface area contributed by atoms with Crippen molar-refractivity contribution in [2.45, 2.75) is 45.2 Å². The molecule has 1 amide bonds. The summed E-state index contributed by atoms with van der Waals surface area (Å²) < 4.78 is 5.09. The van der Waals surface area contributed by atoms with Gasteiger partial charge in [0, 0.05) is 18.3 Å². The normalized spacial score (nSPS) is 15.0. The largest absolute Gasteiger partial charge is 0.459 e. The first-order valence-electron chi connectivity index (χ1n) is 9.23. The summed E-state index contributed by atoms with van der Waals surface area (Å²) in [7, 11) is 0. The fourth-order valence-corrected chi connectivity index (χ4v) is 3.05. The van der Waals surface area contributed by atoms with E-state index in [1.54, 1.807) is 12.1 Å². The van der Waals surface area contributed by atoms with Gasteiger partial charge in [-0.25, -0.2) is 4.99 Å². The minimum atomic E-state index is -0.254. The summed E-state index contributed by atoms with van der Waals surface area (Å²) in [6.07, 6.45) is 6.50. The summed E-state index contributed by atoms with van der Waals surface area (Å²) >= 11 is 0. The van der Waals surface area contributed by atoms with E-state index in [1.807, 2.05) is 24.3 Å². The average molecular weight is 354 g/mol. The van der Waals surface area contributed by atoms with Gasteiger partial charge in [0.2, 0.25) is 0 Å². The van der Waals surface area contributed by atoms with Gasteiger partial charge in [0.05, 0.1) is 12.8 Å². The van der Waals surface area contributed by atoms with Gasteiger partial charge in [0.25, 0.3) is 5.91 Å². The Morgan fingerprint density at radius 1 is 1.19 bits per heavy atom. The number of nitrogens with zero attached hydrogens (tertiary/aromatic N) is 1. The fourth-order valence-electron chi connectivity index (χ4n) is 3.05. The number of carbonyl (C=O) groups is 1. The lowest BCUT2D eigenvalue weighted by Gasteiger charge is -2.16. The molecule has 138 valence electrons. The maximum atomic E-state index is 12.0. The molecule has 0 unspecified atom stereocenters. The molecule has 0 aliphatic heterocycles. The highest BCUT2D eigenvalue weighted by atomic mass is 16.3. The van der Waals surface area contributed by atoms with Crippen molar-refractivity contribution in [2.75, 3.05) is 11.9 Å². The molecule has 1 fully saturated rings. The van der Waals surface area contributed by atoms with E-state index < -0.39 is 0 Å². The molecule has 3 N–H and O–H groups in total. The number of carbonyl (C=O) groups excluding carboxylic acids is 1. The Balaban J connectivity index is 1.55. The van der Waals surface area contributed by atoms with Gasteiger partial charge < -0.3 is 20.4 Å². The molecule has 1 heterocycles. The number of hydrogen-bond acceptors (Lipinski definition) is 3. The van der Waals surface area contributed by atoms with Crippen molar-refractivity contribution in [3.05, 3.63) is 54.0 Å². The van der Waals surface area contributed by atoms with Crippen LogP contribution in [0.2, 0.25) is 0 Å². The average Bonchev–Trinajstić information content (AvgIpc) is 3.35. The number of rotatable bonds is 6. The monoisotopic (exact) mass is 354 g/mol. The van der Waals surface area contributed by atoms with E-state index in [-0.39, 0.29) is 5.91 Å². The second-order valence-electron chi connectivity index (χ2n) is 6.45. The Morgan fingerprint density at radius 3 is 2.62 bits per heavy atom. The number of hydrogen-bond donors (Lipinski definition) is 3. The number of aliphatic imine (C=N–C) groups is 1. The molecule has 0 saturated heterocycles. The summed E-state index contributed by atoms with van der Waals surface area (Å²) in [6, 6.07) is 11.6. The highest BCUT2D eigenvalue weighted by Gasteiger charge is 2.15. The summed E-state index contributed by atoms with van der Waals surface area (Å²) in [5.41, 5.74) is 1.82. The van der Waals surface area contributed by atoms with Crippen LogP contribution in [0.25, 0.3) is 0 Å². The Morgan fingerprint density at radius 2 is 1.96 bits per heavy atom. The molecule has 2 aromatic rings. The van der Waals surface area contributed by atoms with Crippen molar-refractivity contribution in [1.29, 1.82) is 0 Å². The first-order chi connectivity index (χ1) is 12.7. The Hall–Kier alpha value is -2.76. The number of furan rings is 1. The third kappa shape index (κ3) is 5.12. The smallest absolute Gasteiger partial charge is 0.291 e. The van der Waals surface area contributed by atoms with E-state index in [4.69, 9.17) is 4.42 Å².